The first-order chi connectivity index (χ1) is 11.6. The van der Waals surface area contributed by atoms with Gasteiger partial charge >= 0.3 is 0 Å². The van der Waals surface area contributed by atoms with E-state index < -0.39 is 8.32 Å². The van der Waals surface area contributed by atoms with Crippen molar-refractivity contribution in [3.63, 3.8) is 0 Å². The van der Waals surface area contributed by atoms with E-state index in [1.54, 1.807) is 4.90 Å². The Hall–Kier alpha value is -2.07. The Balaban J connectivity index is 2.13. The molecule has 0 N–H and O–H groups in total. The minimum Gasteiger partial charge on any atom is -0.543 e. The highest BCUT2D eigenvalue weighted by Gasteiger charge is 2.39. The summed E-state index contributed by atoms with van der Waals surface area (Å²) in [6, 6.07) is 17.6. The fourth-order valence-corrected chi connectivity index (χ4v) is 3.31. The number of hydrogen-bond donors (Lipinski definition) is 0. The van der Waals surface area contributed by atoms with E-state index in [2.05, 4.69) is 33.9 Å². The maximum absolute atomic E-state index is 12.7. The number of rotatable bonds is 5. The van der Waals surface area contributed by atoms with Crippen molar-refractivity contribution in [1.29, 1.82) is 0 Å². The van der Waals surface area contributed by atoms with Crippen LogP contribution in [0.4, 0.5) is 0 Å². The molecule has 0 radical (unpaired) electrons. The zero-order chi connectivity index (χ0) is 18.7. The number of hydrogen-bond acceptors (Lipinski definition) is 2. The summed E-state index contributed by atoms with van der Waals surface area (Å²) in [5.41, 5.74) is 1.78. The van der Waals surface area contributed by atoms with Crippen LogP contribution in [0.1, 0.15) is 36.7 Å². The third kappa shape index (κ3) is 4.95. The van der Waals surface area contributed by atoms with Crippen molar-refractivity contribution in [3.8, 4) is 5.75 Å². The van der Waals surface area contributed by atoms with Crippen LogP contribution >= 0.6 is 0 Å². The molecule has 4 heteroatoms. The van der Waals surface area contributed by atoms with Crippen LogP contribution in [0.3, 0.4) is 0 Å². The quantitative estimate of drug-likeness (QED) is 0.677. The van der Waals surface area contributed by atoms with Gasteiger partial charge in [-0.25, -0.2) is 0 Å². The maximum atomic E-state index is 12.7. The Kier molecular flexibility index (Phi) is 5.73. The van der Waals surface area contributed by atoms with Crippen molar-refractivity contribution in [2.75, 3.05) is 7.05 Å². The smallest absolute Gasteiger partial charge is 0.254 e. The number of amides is 1. The number of carbonyl (C=O) groups is 1. The van der Waals surface area contributed by atoms with Crippen LogP contribution in [0, 0.1) is 0 Å². The van der Waals surface area contributed by atoms with Crippen LogP contribution in [-0.2, 0) is 6.54 Å². The molecule has 0 saturated heterocycles. The van der Waals surface area contributed by atoms with Crippen LogP contribution in [-0.4, -0.2) is 26.2 Å². The van der Waals surface area contributed by atoms with E-state index in [1.807, 2.05) is 61.6 Å². The third-order valence-corrected chi connectivity index (χ3v) is 9.23. The monoisotopic (exact) mass is 355 g/mol. The minimum atomic E-state index is -1.92. The molecule has 0 aliphatic heterocycles. The lowest BCUT2D eigenvalue weighted by atomic mass is 10.1. The highest BCUT2D eigenvalue weighted by molar-refractivity contribution is 6.74. The molecule has 0 atom stereocenters. The molecule has 1 amide bonds. The molecule has 134 valence electrons. The van der Waals surface area contributed by atoms with Gasteiger partial charge in [-0.15, -0.1) is 0 Å². The van der Waals surface area contributed by atoms with Gasteiger partial charge < -0.3 is 9.33 Å². The van der Waals surface area contributed by atoms with Crippen LogP contribution in [0.25, 0.3) is 0 Å². The van der Waals surface area contributed by atoms with E-state index in [1.165, 1.54) is 0 Å². The molecule has 0 aliphatic rings. The first-order valence-electron chi connectivity index (χ1n) is 8.69. The Bertz CT molecular complexity index is 720. The van der Waals surface area contributed by atoms with Crippen molar-refractivity contribution in [3.05, 3.63) is 65.7 Å². The average molecular weight is 356 g/mol. The van der Waals surface area contributed by atoms with Gasteiger partial charge in [0.15, 0.2) is 0 Å². The van der Waals surface area contributed by atoms with E-state index in [-0.39, 0.29) is 10.9 Å². The Morgan fingerprint density at radius 1 is 1.04 bits per heavy atom. The molecule has 0 aromatic heterocycles. The number of carbonyl (C=O) groups excluding carboxylic acids is 1. The van der Waals surface area contributed by atoms with Crippen LogP contribution in [0.2, 0.25) is 18.1 Å². The molecular weight excluding hydrogens is 326 g/mol. The average Bonchev–Trinajstić information content (AvgIpc) is 2.54. The lowest BCUT2D eigenvalue weighted by Gasteiger charge is -2.36. The molecule has 2 rings (SSSR count). The lowest BCUT2D eigenvalue weighted by Crippen LogP contribution is -2.43. The van der Waals surface area contributed by atoms with Crippen LogP contribution in [0.15, 0.2) is 54.6 Å². The van der Waals surface area contributed by atoms with Crippen molar-refractivity contribution in [2.24, 2.45) is 0 Å². The Labute approximate surface area is 152 Å². The largest absolute Gasteiger partial charge is 0.543 e. The van der Waals surface area contributed by atoms with Crippen molar-refractivity contribution in [2.45, 2.75) is 45.4 Å². The molecule has 0 unspecified atom stereocenters. The summed E-state index contributed by atoms with van der Waals surface area (Å²) in [6.45, 7) is 11.6. The van der Waals surface area contributed by atoms with Gasteiger partial charge in [0.1, 0.15) is 5.75 Å². The fourth-order valence-electron chi connectivity index (χ4n) is 2.29. The molecule has 3 nitrogen and oxygen atoms in total. The predicted molar refractivity (Wildman–Crippen MR) is 107 cm³/mol. The van der Waals surface area contributed by atoms with Gasteiger partial charge in [-0.3, -0.25) is 4.79 Å². The topological polar surface area (TPSA) is 29.5 Å². The molecule has 0 heterocycles. The van der Waals surface area contributed by atoms with Gasteiger partial charge in [-0.1, -0.05) is 57.2 Å². The van der Waals surface area contributed by atoms with Crippen molar-refractivity contribution < 1.29 is 9.22 Å². The molecule has 0 saturated carbocycles. The summed E-state index contributed by atoms with van der Waals surface area (Å²) < 4.78 is 6.32. The second-order valence-corrected chi connectivity index (χ2v) is 12.8. The first-order valence-corrected chi connectivity index (χ1v) is 11.6. The first kappa shape index (κ1) is 19.3. The zero-order valence-electron chi connectivity index (χ0n) is 16.2. The van der Waals surface area contributed by atoms with Gasteiger partial charge in [-0.05, 0) is 41.9 Å². The van der Waals surface area contributed by atoms with E-state index in [9.17, 15) is 4.79 Å². The molecule has 0 spiro atoms. The highest BCUT2D eigenvalue weighted by atomic mass is 28.4. The molecule has 2 aromatic carbocycles. The summed E-state index contributed by atoms with van der Waals surface area (Å²) in [7, 11) is -0.0864. The van der Waals surface area contributed by atoms with Crippen molar-refractivity contribution in [1.82, 2.24) is 4.90 Å². The third-order valence-electron chi connectivity index (χ3n) is 4.87. The van der Waals surface area contributed by atoms with Crippen molar-refractivity contribution >= 4 is 14.2 Å². The predicted octanol–water partition coefficient (Wildman–Crippen LogP) is 5.34. The normalized spacial score (nSPS) is 11.9. The highest BCUT2D eigenvalue weighted by Crippen LogP contribution is 2.37. The van der Waals surface area contributed by atoms with E-state index >= 15 is 0 Å². The maximum Gasteiger partial charge on any atom is 0.254 e. The standard InChI is InChI=1S/C21H29NO2Si/c1-21(2,3)25(5,6)24-19-14-10-13-18(15-19)20(23)22(4)16-17-11-8-7-9-12-17/h7-15H,16H2,1-6H3. The van der Waals surface area contributed by atoms with E-state index in [0.29, 0.717) is 12.1 Å². The van der Waals surface area contributed by atoms with E-state index in [4.69, 9.17) is 4.43 Å². The van der Waals surface area contributed by atoms with E-state index in [0.717, 1.165) is 11.3 Å². The summed E-state index contributed by atoms with van der Waals surface area (Å²) in [5.74, 6) is 0.787. The molecule has 0 bridgehead atoms. The summed E-state index contributed by atoms with van der Waals surface area (Å²) in [4.78, 5) is 14.5. The molecule has 25 heavy (non-hydrogen) atoms. The summed E-state index contributed by atoms with van der Waals surface area (Å²) in [6.07, 6.45) is 0. The molecular formula is C21H29NO2Si. The molecule has 2 aromatic rings. The molecule has 0 fully saturated rings. The van der Waals surface area contributed by atoms with Gasteiger partial charge in [0.05, 0.1) is 0 Å². The van der Waals surface area contributed by atoms with Crippen LogP contribution < -0.4 is 4.43 Å². The SMILES string of the molecule is CN(Cc1ccccc1)C(=O)c1cccc(O[Si](C)(C)C(C)(C)C)c1. The second-order valence-electron chi connectivity index (χ2n) is 8.04. The summed E-state index contributed by atoms with van der Waals surface area (Å²) in [5, 5.41) is 0.122. The Morgan fingerprint density at radius 2 is 1.68 bits per heavy atom. The minimum absolute atomic E-state index is 0.00420. The lowest BCUT2D eigenvalue weighted by molar-refractivity contribution is 0.0785. The zero-order valence-corrected chi connectivity index (χ0v) is 17.2. The fraction of sp³-hybridized carbons (Fsp3) is 0.381. The Morgan fingerprint density at radius 3 is 2.28 bits per heavy atom. The number of nitrogens with zero attached hydrogens (tertiary/aromatic N) is 1. The van der Waals surface area contributed by atoms with Gasteiger partial charge in [0.2, 0.25) is 8.32 Å². The van der Waals surface area contributed by atoms with Crippen LogP contribution in [0.5, 0.6) is 5.75 Å². The number of benzene rings is 2. The van der Waals surface area contributed by atoms with Gasteiger partial charge in [0, 0.05) is 19.2 Å². The molecule has 0 aliphatic carbocycles. The van der Waals surface area contributed by atoms with Gasteiger partial charge in [-0.2, -0.15) is 0 Å². The van der Waals surface area contributed by atoms with Gasteiger partial charge in [0.25, 0.3) is 5.91 Å². The second kappa shape index (κ2) is 7.44. The summed E-state index contributed by atoms with van der Waals surface area (Å²) >= 11 is 0.